The quantitative estimate of drug-likeness (QED) is 0.303. The smallest absolute Gasteiger partial charge is 0.322 e. The van der Waals surface area contributed by atoms with E-state index in [0.717, 1.165) is 0 Å². The van der Waals surface area contributed by atoms with Crippen LogP contribution in [0, 0.1) is 5.41 Å². The standard InChI is InChI=1S/C9H14O4/c1-4-5-6-13-8(12)9(2,3)7(10)11/h4H,1,5-6H2,2-3H3,(H,10,11). The van der Waals surface area contributed by atoms with Crippen molar-refractivity contribution in [3.63, 3.8) is 0 Å². The van der Waals surface area contributed by atoms with Crippen molar-refractivity contribution in [3.8, 4) is 0 Å². The molecule has 0 bridgehead atoms. The molecule has 0 unspecified atom stereocenters. The molecule has 0 radical (unpaired) electrons. The van der Waals surface area contributed by atoms with Crippen molar-refractivity contribution < 1.29 is 19.4 Å². The van der Waals surface area contributed by atoms with E-state index in [9.17, 15) is 9.59 Å². The van der Waals surface area contributed by atoms with Gasteiger partial charge in [-0.3, -0.25) is 9.59 Å². The summed E-state index contributed by atoms with van der Waals surface area (Å²) in [5, 5.41) is 8.65. The summed E-state index contributed by atoms with van der Waals surface area (Å²) >= 11 is 0. The Morgan fingerprint density at radius 3 is 2.46 bits per heavy atom. The number of carboxylic acids is 1. The van der Waals surface area contributed by atoms with E-state index >= 15 is 0 Å². The maximum Gasteiger partial charge on any atom is 0.322 e. The van der Waals surface area contributed by atoms with Crippen molar-refractivity contribution in [2.45, 2.75) is 20.3 Å². The fourth-order valence-corrected chi connectivity index (χ4v) is 0.503. The van der Waals surface area contributed by atoms with E-state index < -0.39 is 17.4 Å². The molecule has 0 rings (SSSR count). The van der Waals surface area contributed by atoms with Gasteiger partial charge in [0.15, 0.2) is 5.41 Å². The Kier molecular flexibility index (Phi) is 4.17. The Hall–Kier alpha value is -1.32. The first-order valence-electron chi connectivity index (χ1n) is 3.94. The van der Waals surface area contributed by atoms with Crippen LogP contribution in [0.5, 0.6) is 0 Å². The lowest BCUT2D eigenvalue weighted by Crippen LogP contribution is -2.34. The van der Waals surface area contributed by atoms with Gasteiger partial charge in [0.2, 0.25) is 0 Å². The van der Waals surface area contributed by atoms with Crippen LogP contribution in [-0.4, -0.2) is 23.7 Å². The number of aliphatic carboxylic acids is 1. The van der Waals surface area contributed by atoms with Crippen LogP contribution in [0.4, 0.5) is 0 Å². The van der Waals surface area contributed by atoms with E-state index in [4.69, 9.17) is 9.84 Å². The molecule has 0 saturated heterocycles. The van der Waals surface area contributed by atoms with Gasteiger partial charge in [0.05, 0.1) is 6.61 Å². The van der Waals surface area contributed by atoms with Crippen LogP contribution in [0.3, 0.4) is 0 Å². The molecule has 0 aliphatic heterocycles. The average molecular weight is 186 g/mol. The van der Waals surface area contributed by atoms with Crippen LogP contribution in [0.2, 0.25) is 0 Å². The van der Waals surface area contributed by atoms with Crippen LogP contribution in [0.15, 0.2) is 12.7 Å². The molecule has 0 aromatic rings. The van der Waals surface area contributed by atoms with Gasteiger partial charge in [0.25, 0.3) is 0 Å². The molecule has 74 valence electrons. The summed E-state index contributed by atoms with van der Waals surface area (Å²) in [6, 6.07) is 0. The van der Waals surface area contributed by atoms with Crippen molar-refractivity contribution in [2.24, 2.45) is 5.41 Å². The van der Waals surface area contributed by atoms with E-state index in [1.54, 1.807) is 6.08 Å². The van der Waals surface area contributed by atoms with E-state index in [1.807, 2.05) is 0 Å². The highest BCUT2D eigenvalue weighted by molar-refractivity contribution is 5.98. The number of carbonyl (C=O) groups is 2. The van der Waals surface area contributed by atoms with Crippen molar-refractivity contribution in [1.29, 1.82) is 0 Å². The minimum absolute atomic E-state index is 0.180. The normalized spacial score (nSPS) is 10.6. The molecule has 0 amide bonds. The molecular weight excluding hydrogens is 172 g/mol. The number of hydrogen-bond acceptors (Lipinski definition) is 3. The average Bonchev–Trinajstić information content (AvgIpc) is 2.04. The van der Waals surface area contributed by atoms with Gasteiger partial charge < -0.3 is 9.84 Å². The van der Waals surface area contributed by atoms with E-state index in [-0.39, 0.29) is 6.61 Å². The lowest BCUT2D eigenvalue weighted by atomic mass is 9.94. The zero-order chi connectivity index (χ0) is 10.5. The molecule has 0 saturated carbocycles. The molecule has 0 aromatic carbocycles. The van der Waals surface area contributed by atoms with Gasteiger partial charge >= 0.3 is 11.9 Å². The van der Waals surface area contributed by atoms with Crippen LogP contribution in [0.1, 0.15) is 20.3 Å². The Morgan fingerprint density at radius 1 is 1.54 bits per heavy atom. The SMILES string of the molecule is C=CCCOC(=O)C(C)(C)C(=O)O. The van der Waals surface area contributed by atoms with Crippen molar-refractivity contribution in [1.82, 2.24) is 0 Å². The summed E-state index contributed by atoms with van der Waals surface area (Å²) in [6.07, 6.45) is 2.13. The molecule has 4 heteroatoms. The monoisotopic (exact) mass is 186 g/mol. The van der Waals surface area contributed by atoms with Crippen LogP contribution in [0.25, 0.3) is 0 Å². The number of carbonyl (C=O) groups excluding carboxylic acids is 1. The summed E-state index contributed by atoms with van der Waals surface area (Å²) in [7, 11) is 0. The Labute approximate surface area is 77.2 Å². The van der Waals surface area contributed by atoms with Gasteiger partial charge in [-0.15, -0.1) is 6.58 Å². The third kappa shape index (κ3) is 3.27. The molecule has 1 N–H and O–H groups in total. The first-order chi connectivity index (χ1) is 5.92. The van der Waals surface area contributed by atoms with E-state index in [1.165, 1.54) is 13.8 Å². The maximum absolute atomic E-state index is 11.1. The molecule has 0 aliphatic carbocycles. The molecule has 0 aliphatic rings. The lowest BCUT2D eigenvalue weighted by Gasteiger charge is -2.16. The summed E-state index contributed by atoms with van der Waals surface area (Å²) in [4.78, 5) is 21.7. The summed E-state index contributed by atoms with van der Waals surface area (Å²) < 4.78 is 4.72. The third-order valence-electron chi connectivity index (χ3n) is 1.60. The van der Waals surface area contributed by atoms with Crippen molar-refractivity contribution in [3.05, 3.63) is 12.7 Å². The lowest BCUT2D eigenvalue weighted by molar-refractivity contribution is -0.165. The van der Waals surface area contributed by atoms with E-state index in [2.05, 4.69) is 6.58 Å². The second kappa shape index (κ2) is 4.64. The summed E-state index contributed by atoms with van der Waals surface area (Å²) in [5.74, 6) is -1.90. The number of hydrogen-bond donors (Lipinski definition) is 1. The highest BCUT2D eigenvalue weighted by Gasteiger charge is 2.37. The second-order valence-corrected chi connectivity index (χ2v) is 3.14. The summed E-state index contributed by atoms with van der Waals surface area (Å²) in [6.45, 7) is 6.25. The molecule has 0 fully saturated rings. The van der Waals surface area contributed by atoms with Crippen molar-refractivity contribution in [2.75, 3.05) is 6.61 Å². The highest BCUT2D eigenvalue weighted by Crippen LogP contribution is 2.17. The molecule has 0 aromatic heterocycles. The number of ether oxygens (including phenoxy) is 1. The third-order valence-corrected chi connectivity index (χ3v) is 1.60. The Bertz CT molecular complexity index is 218. The van der Waals surface area contributed by atoms with Gasteiger partial charge in [0, 0.05) is 0 Å². The molecule has 0 spiro atoms. The van der Waals surface area contributed by atoms with Gasteiger partial charge in [-0.2, -0.15) is 0 Å². The Balaban J connectivity index is 4.10. The predicted octanol–water partition coefficient (Wildman–Crippen LogP) is 1.22. The van der Waals surface area contributed by atoms with Crippen molar-refractivity contribution >= 4 is 11.9 Å². The topological polar surface area (TPSA) is 63.6 Å². The highest BCUT2D eigenvalue weighted by atomic mass is 16.5. The molecule has 4 nitrogen and oxygen atoms in total. The van der Waals surface area contributed by atoms with Gasteiger partial charge in [-0.1, -0.05) is 6.08 Å². The first-order valence-corrected chi connectivity index (χ1v) is 3.94. The largest absolute Gasteiger partial charge is 0.480 e. The second-order valence-electron chi connectivity index (χ2n) is 3.14. The van der Waals surface area contributed by atoms with Crippen LogP contribution < -0.4 is 0 Å². The minimum atomic E-state index is -1.47. The predicted molar refractivity (Wildman–Crippen MR) is 47.2 cm³/mol. The molecule has 13 heavy (non-hydrogen) atoms. The van der Waals surface area contributed by atoms with Gasteiger partial charge in [0.1, 0.15) is 0 Å². The van der Waals surface area contributed by atoms with E-state index in [0.29, 0.717) is 6.42 Å². The number of carboxylic acid groups (broad SMARTS) is 1. The fourth-order valence-electron chi connectivity index (χ4n) is 0.503. The summed E-state index contributed by atoms with van der Waals surface area (Å²) in [5.41, 5.74) is -1.47. The number of esters is 1. The van der Waals surface area contributed by atoms with Gasteiger partial charge in [-0.05, 0) is 20.3 Å². The first kappa shape index (κ1) is 11.7. The zero-order valence-corrected chi connectivity index (χ0v) is 7.87. The Morgan fingerprint density at radius 2 is 2.08 bits per heavy atom. The fraction of sp³-hybridized carbons (Fsp3) is 0.556. The number of rotatable bonds is 5. The minimum Gasteiger partial charge on any atom is -0.480 e. The van der Waals surface area contributed by atoms with Crippen LogP contribution >= 0.6 is 0 Å². The maximum atomic E-state index is 11.1. The molecule has 0 atom stereocenters. The zero-order valence-electron chi connectivity index (χ0n) is 7.87. The van der Waals surface area contributed by atoms with Gasteiger partial charge in [-0.25, -0.2) is 0 Å². The van der Waals surface area contributed by atoms with Crippen LogP contribution in [-0.2, 0) is 14.3 Å². The molecular formula is C9H14O4. The molecule has 0 heterocycles.